The van der Waals surface area contributed by atoms with Gasteiger partial charge in [0.2, 0.25) is 12.5 Å². The fourth-order valence-electron chi connectivity index (χ4n) is 1.93. The number of imide groups is 2. The molecule has 2 unspecified atom stereocenters. The lowest BCUT2D eigenvalue weighted by Crippen LogP contribution is -2.34. The van der Waals surface area contributed by atoms with Gasteiger partial charge < -0.3 is 14.8 Å². The second kappa shape index (κ2) is 10.6. The summed E-state index contributed by atoms with van der Waals surface area (Å²) in [5, 5.41) is 6.59. The third-order valence-corrected chi connectivity index (χ3v) is 3.42. The number of urea groups is 2. The molecule has 0 radical (unpaired) electrons. The molecule has 6 amide bonds. The molecule has 0 bridgehead atoms. The van der Waals surface area contributed by atoms with Crippen molar-refractivity contribution >= 4 is 23.9 Å². The molecule has 2 aliphatic heterocycles. The van der Waals surface area contributed by atoms with Gasteiger partial charge in [0.25, 0.3) is 11.8 Å². The van der Waals surface area contributed by atoms with Crippen LogP contribution in [0.5, 0.6) is 0 Å². The van der Waals surface area contributed by atoms with Crippen molar-refractivity contribution in [2.24, 2.45) is 0 Å². The molecule has 0 aromatic carbocycles. The number of likely N-dealkylation sites (N-methyl/N-ethyl adjacent to an activating group) is 1. The standard InChI is InChI=1S/C8H14N2O3.C7H12N2O3/c1-3-4-5-13-7-6(11)9-8(12)10(7)2;1-2-3-4-12-6-5(10)8-7(11)9-6/h7H,3-5H2,1-2H3,(H,9,11,12);6H,2-4H2,1H3,(H2,8,9,10,11). The average molecular weight is 358 g/mol. The Labute approximate surface area is 146 Å². The summed E-state index contributed by atoms with van der Waals surface area (Å²) < 4.78 is 10.3. The van der Waals surface area contributed by atoms with Gasteiger partial charge in [-0.05, 0) is 12.8 Å². The van der Waals surface area contributed by atoms with Crippen LogP contribution in [0.25, 0.3) is 0 Å². The van der Waals surface area contributed by atoms with Crippen LogP contribution in [0.2, 0.25) is 0 Å². The molecule has 2 aliphatic rings. The van der Waals surface area contributed by atoms with E-state index in [-0.39, 0.29) is 5.91 Å². The zero-order valence-corrected chi connectivity index (χ0v) is 14.8. The number of ether oxygens (including phenoxy) is 2. The predicted molar refractivity (Wildman–Crippen MR) is 87.3 cm³/mol. The minimum Gasteiger partial charge on any atom is -0.349 e. The number of rotatable bonds is 8. The molecule has 2 saturated heterocycles. The highest BCUT2D eigenvalue weighted by molar-refractivity contribution is 6.03. The molecule has 2 rings (SSSR count). The summed E-state index contributed by atoms with van der Waals surface area (Å²) in [4.78, 5) is 44.7. The molecule has 0 spiro atoms. The first-order chi connectivity index (χ1) is 11.9. The number of hydrogen-bond donors (Lipinski definition) is 3. The number of nitrogens with one attached hydrogen (secondary N) is 3. The predicted octanol–water partition coefficient (Wildman–Crippen LogP) is 0.279. The molecular formula is C15H26N4O6. The second-order valence-electron chi connectivity index (χ2n) is 5.55. The monoisotopic (exact) mass is 358 g/mol. The first kappa shape index (κ1) is 20.8. The summed E-state index contributed by atoms with van der Waals surface area (Å²) in [6, 6.07) is -0.881. The van der Waals surface area contributed by atoms with Gasteiger partial charge in [-0.1, -0.05) is 26.7 Å². The van der Waals surface area contributed by atoms with E-state index in [1.54, 1.807) is 0 Å². The number of hydrogen-bond acceptors (Lipinski definition) is 6. The van der Waals surface area contributed by atoms with Crippen molar-refractivity contribution in [2.75, 3.05) is 20.3 Å². The first-order valence-corrected chi connectivity index (χ1v) is 8.32. The Hall–Kier alpha value is -2.20. The van der Waals surface area contributed by atoms with Crippen LogP contribution in [0.15, 0.2) is 0 Å². The van der Waals surface area contributed by atoms with Crippen molar-refractivity contribution in [3.63, 3.8) is 0 Å². The number of unbranched alkanes of at least 4 members (excludes halogenated alkanes) is 2. The Bertz CT molecular complexity index is 498. The van der Waals surface area contributed by atoms with Gasteiger partial charge in [0.15, 0.2) is 0 Å². The normalized spacial score (nSPS) is 22.3. The van der Waals surface area contributed by atoms with Gasteiger partial charge in [0.05, 0.1) is 0 Å². The lowest BCUT2D eigenvalue weighted by Gasteiger charge is -2.16. The van der Waals surface area contributed by atoms with E-state index in [0.29, 0.717) is 13.2 Å². The minimum atomic E-state index is -0.788. The molecule has 2 heterocycles. The Morgan fingerprint density at radius 3 is 1.96 bits per heavy atom. The van der Waals surface area contributed by atoms with Crippen molar-refractivity contribution in [3.05, 3.63) is 0 Å². The molecule has 0 aromatic heterocycles. The van der Waals surface area contributed by atoms with E-state index in [0.717, 1.165) is 25.7 Å². The molecule has 0 aromatic rings. The molecule has 0 aliphatic carbocycles. The largest absolute Gasteiger partial charge is 0.349 e. The van der Waals surface area contributed by atoms with Crippen molar-refractivity contribution < 1.29 is 28.7 Å². The van der Waals surface area contributed by atoms with Gasteiger partial charge in [-0.3, -0.25) is 25.1 Å². The molecule has 0 saturated carbocycles. The molecule has 10 heteroatoms. The lowest BCUT2D eigenvalue weighted by atomic mass is 10.4. The Balaban J connectivity index is 0.000000251. The second-order valence-corrected chi connectivity index (χ2v) is 5.55. The topological polar surface area (TPSA) is 126 Å². The van der Waals surface area contributed by atoms with Gasteiger partial charge in [0, 0.05) is 20.3 Å². The Kier molecular flexibility index (Phi) is 8.86. The maximum atomic E-state index is 11.1. The summed E-state index contributed by atoms with van der Waals surface area (Å²) in [7, 11) is 1.54. The average Bonchev–Trinajstić information content (AvgIpc) is 3.01. The highest BCUT2D eigenvalue weighted by Crippen LogP contribution is 2.07. The first-order valence-electron chi connectivity index (χ1n) is 8.32. The van der Waals surface area contributed by atoms with Crippen molar-refractivity contribution in [2.45, 2.75) is 52.0 Å². The molecule has 142 valence electrons. The van der Waals surface area contributed by atoms with Crippen molar-refractivity contribution in [3.8, 4) is 0 Å². The minimum absolute atomic E-state index is 0.372. The zero-order valence-electron chi connectivity index (χ0n) is 14.8. The van der Waals surface area contributed by atoms with E-state index in [4.69, 9.17) is 9.47 Å². The quantitative estimate of drug-likeness (QED) is 0.423. The summed E-state index contributed by atoms with van der Waals surface area (Å²) in [6.07, 6.45) is 2.27. The van der Waals surface area contributed by atoms with Crippen LogP contribution in [0.4, 0.5) is 9.59 Å². The van der Waals surface area contributed by atoms with Crippen molar-refractivity contribution in [1.82, 2.24) is 20.9 Å². The van der Waals surface area contributed by atoms with Gasteiger partial charge in [-0.25, -0.2) is 9.59 Å². The number of carbonyl (C=O) groups excluding carboxylic acids is 4. The summed E-state index contributed by atoms with van der Waals surface area (Å²) in [5.74, 6) is -0.778. The fraction of sp³-hybridized carbons (Fsp3) is 0.733. The molecule has 3 N–H and O–H groups in total. The molecule has 2 fully saturated rings. The van der Waals surface area contributed by atoms with Crippen LogP contribution in [0.1, 0.15) is 39.5 Å². The van der Waals surface area contributed by atoms with Crippen LogP contribution >= 0.6 is 0 Å². The van der Waals surface area contributed by atoms with Crippen LogP contribution < -0.4 is 16.0 Å². The van der Waals surface area contributed by atoms with Gasteiger partial charge in [-0.2, -0.15) is 0 Å². The Morgan fingerprint density at radius 2 is 1.52 bits per heavy atom. The molecular weight excluding hydrogens is 332 g/mol. The van der Waals surface area contributed by atoms with Gasteiger partial charge in [0.1, 0.15) is 0 Å². The highest BCUT2D eigenvalue weighted by atomic mass is 16.5. The van der Waals surface area contributed by atoms with E-state index in [1.165, 1.54) is 11.9 Å². The molecule has 2 atom stereocenters. The van der Waals surface area contributed by atoms with E-state index < -0.39 is 30.4 Å². The lowest BCUT2D eigenvalue weighted by molar-refractivity contribution is -0.135. The van der Waals surface area contributed by atoms with E-state index in [9.17, 15) is 19.2 Å². The zero-order chi connectivity index (χ0) is 18.8. The summed E-state index contributed by atoms with van der Waals surface area (Å²) in [5.41, 5.74) is 0. The third kappa shape index (κ3) is 6.67. The van der Waals surface area contributed by atoms with Crippen LogP contribution in [-0.2, 0) is 19.1 Å². The van der Waals surface area contributed by atoms with Crippen LogP contribution in [0, 0.1) is 0 Å². The summed E-state index contributed by atoms with van der Waals surface area (Å²) >= 11 is 0. The summed E-state index contributed by atoms with van der Waals surface area (Å²) in [6.45, 7) is 5.06. The fourth-order valence-corrected chi connectivity index (χ4v) is 1.93. The Morgan fingerprint density at radius 1 is 0.920 bits per heavy atom. The van der Waals surface area contributed by atoms with Gasteiger partial charge in [-0.15, -0.1) is 0 Å². The van der Waals surface area contributed by atoms with E-state index in [2.05, 4.69) is 16.0 Å². The SMILES string of the molecule is CCCCOC1C(=O)NC(=O)N1C.CCCCOC1NC(=O)NC1=O. The van der Waals surface area contributed by atoms with Crippen LogP contribution in [-0.4, -0.2) is 61.5 Å². The van der Waals surface area contributed by atoms with E-state index >= 15 is 0 Å². The molecule has 10 nitrogen and oxygen atoms in total. The van der Waals surface area contributed by atoms with Gasteiger partial charge >= 0.3 is 12.1 Å². The van der Waals surface area contributed by atoms with Crippen LogP contribution in [0.3, 0.4) is 0 Å². The third-order valence-electron chi connectivity index (χ3n) is 3.42. The maximum absolute atomic E-state index is 11.1. The van der Waals surface area contributed by atoms with Crippen molar-refractivity contribution in [1.29, 1.82) is 0 Å². The smallest absolute Gasteiger partial charge is 0.326 e. The maximum Gasteiger partial charge on any atom is 0.326 e. The molecule has 25 heavy (non-hydrogen) atoms. The number of nitrogens with zero attached hydrogens (tertiary/aromatic N) is 1. The van der Waals surface area contributed by atoms with E-state index in [1.807, 2.05) is 13.8 Å². The highest BCUT2D eigenvalue weighted by Gasteiger charge is 2.36. The number of carbonyl (C=O) groups is 4. The number of amides is 6.